The minimum Gasteiger partial charge on any atom is -0.383 e. The zero-order chi connectivity index (χ0) is 14.8. The maximum Gasteiger partial charge on any atom is 0.143 e. The number of hydrogen-bond donors (Lipinski definition) is 1. The Labute approximate surface area is 120 Å². The maximum atomic E-state index is 13.8. The Morgan fingerprint density at radius 3 is 2.86 bits per heavy atom. The molecule has 0 aliphatic carbocycles. The van der Waals surface area contributed by atoms with Gasteiger partial charge >= 0.3 is 0 Å². The molecule has 0 amide bonds. The second-order valence-electron chi connectivity index (χ2n) is 4.33. The number of anilines is 1. The van der Waals surface area contributed by atoms with Crippen molar-refractivity contribution in [2.24, 2.45) is 0 Å². The highest BCUT2D eigenvalue weighted by Gasteiger charge is 2.15. The Kier molecular flexibility index (Phi) is 3.09. The van der Waals surface area contributed by atoms with E-state index in [9.17, 15) is 4.39 Å². The van der Waals surface area contributed by atoms with Crippen LogP contribution < -0.4 is 5.73 Å². The molecule has 3 rings (SSSR count). The van der Waals surface area contributed by atoms with Crippen LogP contribution in [0.4, 0.5) is 10.2 Å². The monoisotopic (exact) mass is 279 g/mol. The predicted molar refractivity (Wildman–Crippen MR) is 75.9 cm³/mol. The first-order valence-electron chi connectivity index (χ1n) is 6.14. The second-order valence-corrected chi connectivity index (χ2v) is 4.33. The number of halogens is 1. The van der Waals surface area contributed by atoms with Crippen LogP contribution in [-0.4, -0.2) is 14.5 Å². The molecule has 2 heterocycles. The van der Waals surface area contributed by atoms with Crippen LogP contribution in [0.15, 0.2) is 49.1 Å². The Morgan fingerprint density at radius 1 is 1.24 bits per heavy atom. The van der Waals surface area contributed by atoms with Crippen LogP contribution in [0, 0.1) is 17.1 Å². The van der Waals surface area contributed by atoms with E-state index in [0.717, 1.165) is 0 Å². The van der Waals surface area contributed by atoms with Gasteiger partial charge in [-0.05, 0) is 24.3 Å². The quantitative estimate of drug-likeness (QED) is 0.781. The molecule has 0 saturated carbocycles. The number of nitrogens with zero attached hydrogens (tertiary/aromatic N) is 4. The summed E-state index contributed by atoms with van der Waals surface area (Å²) in [5, 5.41) is 9.15. The van der Waals surface area contributed by atoms with Crippen molar-refractivity contribution in [2.75, 3.05) is 5.73 Å². The Bertz CT molecular complexity index is 847. The fraction of sp³-hybridized carbons (Fsp3) is 0. The van der Waals surface area contributed by atoms with Crippen LogP contribution in [-0.2, 0) is 0 Å². The lowest BCUT2D eigenvalue weighted by Gasteiger charge is -2.11. The molecule has 6 heteroatoms. The van der Waals surface area contributed by atoms with Gasteiger partial charge in [0, 0.05) is 11.8 Å². The van der Waals surface area contributed by atoms with Gasteiger partial charge in [0.15, 0.2) is 0 Å². The molecule has 0 aliphatic heterocycles. The fourth-order valence-electron chi connectivity index (χ4n) is 2.14. The third-order valence-electron chi connectivity index (χ3n) is 3.12. The van der Waals surface area contributed by atoms with Crippen molar-refractivity contribution in [2.45, 2.75) is 0 Å². The Morgan fingerprint density at radius 2 is 2.10 bits per heavy atom. The van der Waals surface area contributed by atoms with Crippen molar-refractivity contribution in [1.82, 2.24) is 14.5 Å². The third-order valence-corrected chi connectivity index (χ3v) is 3.12. The molecule has 102 valence electrons. The van der Waals surface area contributed by atoms with E-state index < -0.39 is 5.82 Å². The van der Waals surface area contributed by atoms with Gasteiger partial charge < -0.3 is 5.73 Å². The van der Waals surface area contributed by atoms with Crippen molar-refractivity contribution in [3.8, 4) is 23.0 Å². The van der Waals surface area contributed by atoms with E-state index in [1.54, 1.807) is 41.2 Å². The van der Waals surface area contributed by atoms with Crippen molar-refractivity contribution < 1.29 is 4.39 Å². The summed E-state index contributed by atoms with van der Waals surface area (Å²) in [6, 6.07) is 9.86. The van der Waals surface area contributed by atoms with Gasteiger partial charge in [-0.3, -0.25) is 4.57 Å². The van der Waals surface area contributed by atoms with Gasteiger partial charge in [0.2, 0.25) is 0 Å². The van der Waals surface area contributed by atoms with Gasteiger partial charge in [0.05, 0.1) is 23.9 Å². The van der Waals surface area contributed by atoms with E-state index in [1.165, 1.54) is 12.4 Å². The van der Waals surface area contributed by atoms with Crippen LogP contribution >= 0.6 is 0 Å². The molecule has 0 saturated heterocycles. The highest BCUT2D eigenvalue weighted by atomic mass is 19.1. The summed E-state index contributed by atoms with van der Waals surface area (Å²) in [4.78, 5) is 8.10. The molecular weight excluding hydrogens is 269 g/mol. The number of imidazole rings is 1. The molecule has 2 N–H and O–H groups in total. The lowest BCUT2D eigenvalue weighted by Crippen LogP contribution is -2.02. The SMILES string of the molecule is N#Cc1c(F)cccc1-n1cncc1-c1cccnc1N. The van der Waals surface area contributed by atoms with Crippen LogP contribution in [0.3, 0.4) is 0 Å². The molecular formula is C15H10FN5. The van der Waals surface area contributed by atoms with E-state index in [0.29, 0.717) is 22.8 Å². The van der Waals surface area contributed by atoms with E-state index >= 15 is 0 Å². The molecule has 0 atom stereocenters. The van der Waals surface area contributed by atoms with Crippen molar-refractivity contribution >= 4 is 5.82 Å². The number of benzene rings is 1. The number of hydrogen-bond acceptors (Lipinski definition) is 4. The normalized spacial score (nSPS) is 10.3. The molecule has 0 unspecified atom stereocenters. The van der Waals surface area contributed by atoms with E-state index in [4.69, 9.17) is 11.0 Å². The smallest absolute Gasteiger partial charge is 0.143 e. The van der Waals surface area contributed by atoms with Gasteiger partial charge in [-0.25, -0.2) is 14.4 Å². The predicted octanol–water partition coefficient (Wildman–Crippen LogP) is 2.53. The molecule has 0 aliphatic rings. The van der Waals surface area contributed by atoms with E-state index in [1.807, 2.05) is 6.07 Å². The standard InChI is InChI=1S/C15H10FN5/c16-12-4-1-5-13(11(12)7-17)21-9-19-8-14(21)10-3-2-6-20-15(10)18/h1-6,8-9H,(H2,18,20). The molecule has 5 nitrogen and oxygen atoms in total. The average Bonchev–Trinajstić information content (AvgIpc) is 2.96. The van der Waals surface area contributed by atoms with Gasteiger partial charge in [-0.15, -0.1) is 0 Å². The topological polar surface area (TPSA) is 80.5 Å². The maximum absolute atomic E-state index is 13.8. The van der Waals surface area contributed by atoms with E-state index in [2.05, 4.69) is 9.97 Å². The molecule has 0 fully saturated rings. The van der Waals surface area contributed by atoms with Crippen LogP contribution in [0.1, 0.15) is 5.56 Å². The summed E-state index contributed by atoms with van der Waals surface area (Å²) >= 11 is 0. The second kappa shape index (κ2) is 5.06. The Balaban J connectivity index is 2.24. The fourth-order valence-corrected chi connectivity index (χ4v) is 2.14. The number of aromatic nitrogens is 3. The third kappa shape index (κ3) is 2.11. The van der Waals surface area contributed by atoms with Gasteiger partial charge in [0.1, 0.15) is 23.3 Å². The van der Waals surface area contributed by atoms with Gasteiger partial charge in [-0.1, -0.05) is 6.07 Å². The Hall–Kier alpha value is -3.20. The summed E-state index contributed by atoms with van der Waals surface area (Å²) in [6.45, 7) is 0. The molecule has 21 heavy (non-hydrogen) atoms. The van der Waals surface area contributed by atoms with Gasteiger partial charge in [0.25, 0.3) is 0 Å². The molecule has 0 spiro atoms. The number of nitriles is 1. The summed E-state index contributed by atoms with van der Waals surface area (Å²) in [5.41, 5.74) is 7.55. The van der Waals surface area contributed by atoms with Crippen molar-refractivity contribution in [1.29, 1.82) is 5.26 Å². The molecule has 1 aromatic carbocycles. The summed E-state index contributed by atoms with van der Waals surface area (Å²) in [5.74, 6) is -0.233. The zero-order valence-corrected chi connectivity index (χ0v) is 10.9. The highest BCUT2D eigenvalue weighted by molar-refractivity contribution is 5.72. The summed E-state index contributed by atoms with van der Waals surface area (Å²) < 4.78 is 15.4. The van der Waals surface area contributed by atoms with Gasteiger partial charge in [-0.2, -0.15) is 5.26 Å². The number of rotatable bonds is 2. The van der Waals surface area contributed by atoms with Crippen LogP contribution in [0.5, 0.6) is 0 Å². The van der Waals surface area contributed by atoms with Crippen LogP contribution in [0.25, 0.3) is 16.9 Å². The number of nitrogens with two attached hydrogens (primary N) is 1. The first-order valence-corrected chi connectivity index (χ1v) is 6.14. The van der Waals surface area contributed by atoms with Crippen molar-refractivity contribution in [3.05, 3.63) is 60.4 Å². The molecule has 0 bridgehead atoms. The minimum absolute atomic E-state index is 0.0424. The zero-order valence-electron chi connectivity index (χ0n) is 10.9. The van der Waals surface area contributed by atoms with E-state index in [-0.39, 0.29) is 5.56 Å². The average molecular weight is 279 g/mol. The summed E-state index contributed by atoms with van der Waals surface area (Å²) in [6.07, 6.45) is 4.69. The largest absolute Gasteiger partial charge is 0.383 e. The minimum atomic E-state index is -0.575. The molecule has 0 radical (unpaired) electrons. The highest BCUT2D eigenvalue weighted by Crippen LogP contribution is 2.28. The molecule has 3 aromatic rings. The lowest BCUT2D eigenvalue weighted by molar-refractivity contribution is 0.622. The lowest BCUT2D eigenvalue weighted by atomic mass is 10.1. The first-order chi connectivity index (χ1) is 10.2. The summed E-state index contributed by atoms with van der Waals surface area (Å²) in [7, 11) is 0. The van der Waals surface area contributed by atoms with Crippen LogP contribution in [0.2, 0.25) is 0 Å². The molecule has 2 aromatic heterocycles. The van der Waals surface area contributed by atoms with Crippen molar-refractivity contribution in [3.63, 3.8) is 0 Å². The number of pyridine rings is 1. The first kappa shape index (κ1) is 12.8. The number of nitrogen functional groups attached to an aromatic ring is 1.